The minimum atomic E-state index is -4.78. The van der Waals surface area contributed by atoms with Gasteiger partial charge in [0.15, 0.2) is 11.0 Å². The average Bonchev–Trinajstić information content (AvgIpc) is 3.53. The molecule has 2 heterocycles. The molecule has 2 amide bonds. The molecule has 2 unspecified atom stereocenters. The van der Waals surface area contributed by atoms with E-state index in [0.29, 0.717) is 33.6 Å². The van der Waals surface area contributed by atoms with E-state index in [1.807, 2.05) is 18.2 Å². The number of nitrogens with zero attached hydrogens (tertiary/aromatic N) is 5. The summed E-state index contributed by atoms with van der Waals surface area (Å²) in [7, 11) is 1.61. The van der Waals surface area contributed by atoms with Crippen molar-refractivity contribution >= 4 is 28.6 Å². The van der Waals surface area contributed by atoms with Crippen LogP contribution in [0.5, 0.6) is 11.5 Å². The maximum absolute atomic E-state index is 15.2. The Morgan fingerprint density at radius 1 is 1.09 bits per heavy atom. The Morgan fingerprint density at radius 3 is 2.45 bits per heavy atom. The molecular formula is C33H34F4N6O3S. The number of hydrogen-bond donors (Lipinski definition) is 1. The third-order valence-corrected chi connectivity index (χ3v) is 8.51. The van der Waals surface area contributed by atoms with Crippen LogP contribution < -0.4 is 19.7 Å². The van der Waals surface area contributed by atoms with Crippen LogP contribution in [0.25, 0.3) is 17.1 Å². The highest BCUT2D eigenvalue weighted by atomic mass is 32.2. The summed E-state index contributed by atoms with van der Waals surface area (Å²) in [5, 5.41) is 7.51. The minimum absolute atomic E-state index is 0.0964. The van der Waals surface area contributed by atoms with Gasteiger partial charge >= 0.3 is 12.4 Å². The monoisotopic (exact) mass is 670 g/mol. The molecule has 1 aliphatic rings. The van der Waals surface area contributed by atoms with Crippen molar-refractivity contribution < 1.29 is 31.8 Å². The van der Waals surface area contributed by atoms with Gasteiger partial charge < -0.3 is 19.7 Å². The molecule has 14 heteroatoms. The molecule has 0 aliphatic carbocycles. The Morgan fingerprint density at radius 2 is 1.79 bits per heavy atom. The van der Waals surface area contributed by atoms with Gasteiger partial charge in [0.2, 0.25) is 0 Å². The van der Waals surface area contributed by atoms with Crippen LogP contribution >= 0.6 is 11.8 Å². The van der Waals surface area contributed by atoms with Crippen molar-refractivity contribution in [2.75, 3.05) is 24.3 Å². The highest BCUT2D eigenvalue weighted by Crippen LogP contribution is 2.37. The number of aromatic nitrogens is 3. The summed E-state index contributed by atoms with van der Waals surface area (Å²) in [6.45, 7) is 6.03. The Hall–Kier alpha value is -4.59. The second kappa shape index (κ2) is 14.4. The van der Waals surface area contributed by atoms with E-state index in [9.17, 15) is 18.0 Å². The van der Waals surface area contributed by atoms with E-state index in [4.69, 9.17) is 4.74 Å². The van der Waals surface area contributed by atoms with Gasteiger partial charge in [-0.2, -0.15) is 4.99 Å². The topological polar surface area (TPSA) is 93.9 Å². The van der Waals surface area contributed by atoms with Gasteiger partial charge in [-0.25, -0.2) is 18.9 Å². The largest absolute Gasteiger partial charge is 0.573 e. The van der Waals surface area contributed by atoms with Crippen molar-refractivity contribution in [3.63, 3.8) is 0 Å². The first-order valence-corrected chi connectivity index (χ1v) is 15.9. The van der Waals surface area contributed by atoms with E-state index in [1.54, 1.807) is 31.4 Å². The van der Waals surface area contributed by atoms with Crippen molar-refractivity contribution in [2.45, 2.75) is 51.7 Å². The number of thioether (sulfide) groups is 1. The summed E-state index contributed by atoms with van der Waals surface area (Å²) in [4.78, 5) is 23.6. The normalized spacial score (nSPS) is 16.7. The fraction of sp³-hybridized carbons (Fsp3) is 0.333. The number of anilines is 1. The zero-order chi connectivity index (χ0) is 33.7. The van der Waals surface area contributed by atoms with Gasteiger partial charge in [0.05, 0.1) is 25.0 Å². The first-order valence-electron chi connectivity index (χ1n) is 14.9. The van der Waals surface area contributed by atoms with Gasteiger partial charge in [-0.3, -0.25) is 0 Å². The number of halogens is 4. The third kappa shape index (κ3) is 8.42. The Balaban J connectivity index is 1.22. The number of rotatable bonds is 9. The standard InChI is InChI=1S/C33H34F4N6O3S/c1-20(2)27-14-13-26(45-4)17-29(27)43-21(3)15-16-47-32(43)40-31(44)38-18-28(34)22-5-7-23(8-6-22)30-39-19-42(41-30)24-9-11-25(12-10-24)46-33(35,36)37/h5-14,17,19-21,28H,15-16,18H2,1-4H3,(H,38,44)/b40-32-. The quantitative estimate of drug-likeness (QED) is 0.180. The number of urea groups is 1. The van der Waals surface area contributed by atoms with Crippen LogP contribution in [0.1, 0.15) is 50.4 Å². The molecule has 1 N–H and O–H groups in total. The van der Waals surface area contributed by atoms with Crippen LogP contribution in [-0.2, 0) is 0 Å². The van der Waals surface area contributed by atoms with Gasteiger partial charge in [0, 0.05) is 23.4 Å². The zero-order valence-electron chi connectivity index (χ0n) is 26.2. The molecule has 0 spiro atoms. The zero-order valence-corrected chi connectivity index (χ0v) is 27.0. The third-order valence-electron chi connectivity index (χ3n) is 7.52. The van der Waals surface area contributed by atoms with Gasteiger partial charge in [0.25, 0.3) is 0 Å². The first-order chi connectivity index (χ1) is 22.4. The number of amidine groups is 1. The molecular weight excluding hydrogens is 636 g/mol. The fourth-order valence-electron chi connectivity index (χ4n) is 5.06. The molecule has 0 radical (unpaired) electrons. The van der Waals surface area contributed by atoms with E-state index in [1.165, 1.54) is 47.0 Å². The van der Waals surface area contributed by atoms with E-state index < -0.39 is 18.6 Å². The first kappa shape index (κ1) is 33.8. The van der Waals surface area contributed by atoms with Gasteiger partial charge in [0.1, 0.15) is 24.0 Å². The number of amides is 2. The molecule has 0 saturated carbocycles. The number of benzene rings is 3. The summed E-state index contributed by atoms with van der Waals surface area (Å²) >= 11 is 1.49. The summed E-state index contributed by atoms with van der Waals surface area (Å²) in [5.74, 6) is 1.74. The Bertz CT molecular complexity index is 1710. The van der Waals surface area contributed by atoms with Gasteiger partial charge in [-0.15, -0.1) is 18.3 Å². The maximum Gasteiger partial charge on any atom is 0.573 e. The maximum atomic E-state index is 15.2. The minimum Gasteiger partial charge on any atom is -0.497 e. The number of aliphatic imine (C=N–C) groups is 1. The van der Waals surface area contributed by atoms with Crippen molar-refractivity contribution in [3.05, 3.63) is 84.2 Å². The lowest BCUT2D eigenvalue weighted by Gasteiger charge is -2.37. The molecule has 9 nitrogen and oxygen atoms in total. The Labute approximate surface area is 274 Å². The number of hydrogen-bond acceptors (Lipinski definition) is 6. The van der Waals surface area contributed by atoms with Crippen LogP contribution in [0.15, 0.2) is 78.0 Å². The van der Waals surface area contributed by atoms with Crippen LogP contribution in [0.3, 0.4) is 0 Å². The molecule has 4 aromatic rings. The molecule has 47 heavy (non-hydrogen) atoms. The number of carbonyl (C=O) groups is 1. The predicted octanol–water partition coefficient (Wildman–Crippen LogP) is 8.07. The summed E-state index contributed by atoms with van der Waals surface area (Å²) in [5.41, 5.74) is 3.47. The van der Waals surface area contributed by atoms with Crippen LogP contribution in [0.2, 0.25) is 0 Å². The molecule has 1 fully saturated rings. The molecule has 0 bridgehead atoms. The molecule has 1 saturated heterocycles. The lowest BCUT2D eigenvalue weighted by Crippen LogP contribution is -2.42. The summed E-state index contributed by atoms with van der Waals surface area (Å²) in [6.07, 6.45) is -3.94. The lowest BCUT2D eigenvalue weighted by atomic mass is 9.99. The van der Waals surface area contributed by atoms with Crippen molar-refractivity contribution in [1.29, 1.82) is 0 Å². The Kier molecular flexibility index (Phi) is 10.4. The number of ether oxygens (including phenoxy) is 2. The number of carbonyl (C=O) groups excluding carboxylic acids is 1. The molecule has 1 aromatic heterocycles. The second-order valence-corrected chi connectivity index (χ2v) is 12.2. The van der Waals surface area contributed by atoms with Crippen LogP contribution in [-0.4, -0.2) is 57.8 Å². The van der Waals surface area contributed by atoms with Gasteiger partial charge in [-0.1, -0.05) is 55.9 Å². The number of nitrogens with one attached hydrogen (secondary N) is 1. The van der Waals surface area contributed by atoms with Crippen molar-refractivity contribution in [1.82, 2.24) is 20.1 Å². The highest BCUT2D eigenvalue weighted by molar-refractivity contribution is 8.14. The van der Waals surface area contributed by atoms with E-state index in [-0.39, 0.29) is 24.3 Å². The van der Waals surface area contributed by atoms with Crippen molar-refractivity contribution in [2.24, 2.45) is 4.99 Å². The van der Waals surface area contributed by atoms with Crippen molar-refractivity contribution in [3.8, 4) is 28.6 Å². The smallest absolute Gasteiger partial charge is 0.497 e. The second-order valence-electron chi connectivity index (χ2n) is 11.2. The van der Waals surface area contributed by atoms with Crippen LogP contribution in [0.4, 0.5) is 28.0 Å². The summed E-state index contributed by atoms with van der Waals surface area (Å²) in [6, 6.07) is 17.0. The van der Waals surface area contributed by atoms with Gasteiger partial charge in [-0.05, 0) is 60.7 Å². The molecule has 1 aliphatic heterocycles. The molecule has 2 atom stereocenters. The SMILES string of the molecule is COc1ccc(C(C)C)c(N2/C(=N/C(=O)NCC(F)c3ccc(-c4ncn(-c5ccc(OC(F)(F)F)cc5)n4)cc3)SCCC2C)c1. The fourth-order valence-corrected chi connectivity index (χ4v) is 6.27. The average molecular weight is 671 g/mol. The van der Waals surface area contributed by atoms with E-state index in [0.717, 1.165) is 23.4 Å². The lowest BCUT2D eigenvalue weighted by molar-refractivity contribution is -0.274. The molecule has 3 aromatic carbocycles. The number of methoxy groups -OCH3 is 1. The van der Waals surface area contributed by atoms with Crippen LogP contribution in [0, 0.1) is 0 Å². The predicted molar refractivity (Wildman–Crippen MR) is 174 cm³/mol. The molecule has 248 valence electrons. The summed E-state index contributed by atoms with van der Waals surface area (Å²) < 4.78 is 63.2. The van der Waals surface area contributed by atoms with E-state index >= 15 is 4.39 Å². The highest BCUT2D eigenvalue weighted by Gasteiger charge is 2.31. The number of alkyl halides is 4. The van der Waals surface area contributed by atoms with E-state index in [2.05, 4.69) is 50.8 Å². The molecule has 5 rings (SSSR count).